The zero-order valence-corrected chi connectivity index (χ0v) is 8.43. The predicted octanol–water partition coefficient (Wildman–Crippen LogP) is 1.26. The van der Waals surface area contributed by atoms with Crippen LogP contribution in [0, 0.1) is 0 Å². The van der Waals surface area contributed by atoms with Crippen LogP contribution in [-0.2, 0) is 6.54 Å². The molecule has 0 spiro atoms. The van der Waals surface area contributed by atoms with Crippen LogP contribution < -0.4 is 0 Å². The summed E-state index contributed by atoms with van der Waals surface area (Å²) in [7, 11) is 4.01. The normalized spacial score (nSPS) is 13.8. The third-order valence-electron chi connectivity index (χ3n) is 1.45. The Morgan fingerprint density at radius 1 is 1.67 bits per heavy atom. The van der Waals surface area contributed by atoms with E-state index in [1.165, 1.54) is 0 Å². The van der Waals surface area contributed by atoms with Crippen LogP contribution in [0.4, 0.5) is 0 Å². The molecule has 1 unspecified atom stereocenters. The summed E-state index contributed by atoms with van der Waals surface area (Å²) < 4.78 is 0. The van der Waals surface area contributed by atoms with Crippen molar-refractivity contribution >= 4 is 11.3 Å². The Morgan fingerprint density at radius 2 is 2.33 bits per heavy atom. The minimum atomic E-state index is -0.447. The van der Waals surface area contributed by atoms with Crippen LogP contribution in [0.5, 0.6) is 0 Å². The Morgan fingerprint density at radius 3 is 2.75 bits per heavy atom. The molecular formula is C8H14N2OS. The van der Waals surface area contributed by atoms with E-state index in [0.29, 0.717) is 0 Å². The summed E-state index contributed by atoms with van der Waals surface area (Å²) in [5.41, 5.74) is 0.775. The number of aromatic nitrogens is 1. The number of aliphatic hydroxyl groups excluding tert-OH is 1. The highest BCUT2D eigenvalue weighted by Gasteiger charge is 2.06. The van der Waals surface area contributed by atoms with Gasteiger partial charge in [-0.1, -0.05) is 0 Å². The lowest BCUT2D eigenvalue weighted by molar-refractivity contribution is 0.194. The number of nitrogens with zero attached hydrogens (tertiary/aromatic N) is 2. The lowest BCUT2D eigenvalue weighted by atomic mass is 10.3. The number of rotatable bonds is 3. The first-order valence-electron chi connectivity index (χ1n) is 3.86. The molecule has 0 saturated carbocycles. The summed E-state index contributed by atoms with van der Waals surface area (Å²) in [5.74, 6) is 0. The van der Waals surface area contributed by atoms with E-state index in [1.807, 2.05) is 19.5 Å². The van der Waals surface area contributed by atoms with Crippen molar-refractivity contribution in [3.63, 3.8) is 0 Å². The standard InChI is InChI=1S/C8H14N2OS/c1-6(11)7-5-12-8(9-7)4-10(2)3/h5-6,11H,4H2,1-3H3. The maximum Gasteiger partial charge on any atom is 0.107 e. The Hall–Kier alpha value is -0.450. The van der Waals surface area contributed by atoms with Crippen LogP contribution in [-0.4, -0.2) is 29.1 Å². The molecule has 1 aromatic heterocycles. The average Bonchev–Trinajstić information content (AvgIpc) is 2.34. The molecule has 0 aliphatic rings. The quantitative estimate of drug-likeness (QED) is 0.772. The fourth-order valence-electron chi connectivity index (χ4n) is 0.860. The molecule has 68 valence electrons. The van der Waals surface area contributed by atoms with Crippen molar-refractivity contribution in [2.24, 2.45) is 0 Å². The van der Waals surface area contributed by atoms with Gasteiger partial charge < -0.3 is 10.0 Å². The molecule has 0 saturated heterocycles. The number of thiazole rings is 1. The van der Waals surface area contributed by atoms with Crippen LogP contribution in [0.15, 0.2) is 5.38 Å². The third-order valence-corrected chi connectivity index (χ3v) is 2.30. The number of hydrogen-bond donors (Lipinski definition) is 1. The Labute approximate surface area is 76.7 Å². The van der Waals surface area contributed by atoms with E-state index in [0.717, 1.165) is 17.2 Å². The van der Waals surface area contributed by atoms with Gasteiger partial charge in [-0.3, -0.25) is 0 Å². The number of aliphatic hydroxyl groups is 1. The molecule has 0 radical (unpaired) electrons. The van der Waals surface area contributed by atoms with Gasteiger partial charge in [0.25, 0.3) is 0 Å². The summed E-state index contributed by atoms with van der Waals surface area (Å²) in [6.45, 7) is 2.58. The first-order valence-corrected chi connectivity index (χ1v) is 4.74. The van der Waals surface area contributed by atoms with Gasteiger partial charge in [0.05, 0.1) is 11.8 Å². The van der Waals surface area contributed by atoms with Crippen molar-refractivity contribution in [2.45, 2.75) is 19.6 Å². The molecule has 1 aromatic rings. The lowest BCUT2D eigenvalue weighted by Gasteiger charge is -2.05. The minimum Gasteiger partial charge on any atom is -0.387 e. The van der Waals surface area contributed by atoms with Crippen molar-refractivity contribution in [2.75, 3.05) is 14.1 Å². The predicted molar refractivity (Wildman–Crippen MR) is 50.1 cm³/mol. The van der Waals surface area contributed by atoms with E-state index in [2.05, 4.69) is 9.88 Å². The van der Waals surface area contributed by atoms with Gasteiger partial charge in [0, 0.05) is 11.9 Å². The van der Waals surface area contributed by atoms with E-state index in [-0.39, 0.29) is 0 Å². The molecule has 0 aliphatic heterocycles. The maximum atomic E-state index is 9.20. The highest BCUT2D eigenvalue weighted by Crippen LogP contribution is 2.16. The van der Waals surface area contributed by atoms with Gasteiger partial charge in [-0.2, -0.15) is 0 Å². The molecule has 0 bridgehead atoms. The molecule has 4 heteroatoms. The highest BCUT2D eigenvalue weighted by atomic mass is 32.1. The fourth-order valence-corrected chi connectivity index (χ4v) is 1.86. The minimum absolute atomic E-state index is 0.447. The molecule has 1 N–H and O–H groups in total. The molecule has 1 heterocycles. The molecule has 0 fully saturated rings. The van der Waals surface area contributed by atoms with Crippen LogP contribution in [0.1, 0.15) is 23.7 Å². The van der Waals surface area contributed by atoms with Gasteiger partial charge in [-0.05, 0) is 21.0 Å². The molecule has 0 aliphatic carbocycles. The van der Waals surface area contributed by atoms with E-state index in [9.17, 15) is 5.11 Å². The van der Waals surface area contributed by atoms with Crippen molar-refractivity contribution < 1.29 is 5.11 Å². The summed E-state index contributed by atoms with van der Waals surface area (Å²) in [5, 5.41) is 12.2. The van der Waals surface area contributed by atoms with Gasteiger partial charge in [-0.25, -0.2) is 4.98 Å². The Bertz CT molecular complexity index is 245. The van der Waals surface area contributed by atoms with Crippen LogP contribution in [0.25, 0.3) is 0 Å². The van der Waals surface area contributed by atoms with Crippen molar-refractivity contribution in [1.29, 1.82) is 0 Å². The van der Waals surface area contributed by atoms with Gasteiger partial charge in [-0.15, -0.1) is 11.3 Å². The maximum absolute atomic E-state index is 9.20. The largest absolute Gasteiger partial charge is 0.387 e. The van der Waals surface area contributed by atoms with Crippen molar-refractivity contribution in [1.82, 2.24) is 9.88 Å². The van der Waals surface area contributed by atoms with E-state index in [1.54, 1.807) is 18.3 Å². The van der Waals surface area contributed by atoms with E-state index >= 15 is 0 Å². The Balaban J connectivity index is 2.64. The van der Waals surface area contributed by atoms with Crippen LogP contribution in [0.3, 0.4) is 0 Å². The van der Waals surface area contributed by atoms with E-state index in [4.69, 9.17) is 0 Å². The Kier molecular flexibility index (Phi) is 3.20. The van der Waals surface area contributed by atoms with Crippen molar-refractivity contribution in [3.8, 4) is 0 Å². The van der Waals surface area contributed by atoms with Gasteiger partial charge in [0.2, 0.25) is 0 Å². The molecule has 12 heavy (non-hydrogen) atoms. The second-order valence-electron chi connectivity index (χ2n) is 3.08. The van der Waals surface area contributed by atoms with E-state index < -0.39 is 6.10 Å². The van der Waals surface area contributed by atoms with Crippen LogP contribution in [0.2, 0.25) is 0 Å². The molecular weight excluding hydrogens is 172 g/mol. The SMILES string of the molecule is CC(O)c1csc(CN(C)C)n1. The van der Waals surface area contributed by atoms with Crippen molar-refractivity contribution in [3.05, 3.63) is 16.1 Å². The molecule has 0 amide bonds. The van der Waals surface area contributed by atoms with Gasteiger partial charge >= 0.3 is 0 Å². The monoisotopic (exact) mass is 186 g/mol. The summed E-state index contributed by atoms with van der Waals surface area (Å²) in [6.07, 6.45) is -0.447. The lowest BCUT2D eigenvalue weighted by Crippen LogP contribution is -2.10. The third kappa shape index (κ3) is 2.55. The fraction of sp³-hybridized carbons (Fsp3) is 0.625. The second-order valence-corrected chi connectivity index (χ2v) is 4.02. The zero-order valence-electron chi connectivity index (χ0n) is 7.61. The van der Waals surface area contributed by atoms with Gasteiger partial charge in [0.15, 0.2) is 0 Å². The molecule has 0 aromatic carbocycles. The smallest absolute Gasteiger partial charge is 0.107 e. The highest BCUT2D eigenvalue weighted by molar-refractivity contribution is 7.09. The van der Waals surface area contributed by atoms with Gasteiger partial charge in [0.1, 0.15) is 5.01 Å². The topological polar surface area (TPSA) is 36.4 Å². The summed E-state index contributed by atoms with van der Waals surface area (Å²) in [4.78, 5) is 6.34. The second kappa shape index (κ2) is 3.98. The summed E-state index contributed by atoms with van der Waals surface area (Å²) >= 11 is 1.59. The first kappa shape index (κ1) is 9.64. The zero-order chi connectivity index (χ0) is 9.14. The number of hydrogen-bond acceptors (Lipinski definition) is 4. The molecule has 1 rings (SSSR count). The molecule has 3 nitrogen and oxygen atoms in total. The average molecular weight is 186 g/mol. The summed E-state index contributed by atoms with van der Waals surface area (Å²) in [6, 6.07) is 0. The van der Waals surface area contributed by atoms with Crippen LogP contribution >= 0.6 is 11.3 Å². The first-order chi connectivity index (χ1) is 5.59. The molecule has 1 atom stereocenters.